The molecule has 0 saturated carbocycles. The van der Waals surface area contributed by atoms with Gasteiger partial charge in [-0.15, -0.1) is 10.2 Å². The molecule has 0 N–H and O–H groups in total. The highest BCUT2D eigenvalue weighted by Crippen LogP contribution is 2.28. The van der Waals surface area contributed by atoms with Gasteiger partial charge in [0.05, 0.1) is 12.1 Å². The SMILES string of the molecule is CC(C)C1CN(C(C)c2nnc(-c3ccc4ccccc4c3)o2)CCCO1. The van der Waals surface area contributed by atoms with Crippen molar-refractivity contribution in [2.24, 2.45) is 5.92 Å². The first-order valence-corrected chi connectivity index (χ1v) is 9.80. The summed E-state index contributed by atoms with van der Waals surface area (Å²) in [5, 5.41) is 11.0. The number of hydrogen-bond donors (Lipinski definition) is 0. The zero-order chi connectivity index (χ0) is 18.8. The van der Waals surface area contributed by atoms with E-state index in [0.29, 0.717) is 17.7 Å². The van der Waals surface area contributed by atoms with Gasteiger partial charge in [-0.2, -0.15) is 0 Å². The van der Waals surface area contributed by atoms with Crippen molar-refractivity contribution in [1.29, 1.82) is 0 Å². The molecule has 4 rings (SSSR count). The molecule has 0 spiro atoms. The largest absolute Gasteiger partial charge is 0.419 e. The third kappa shape index (κ3) is 3.89. The fraction of sp³-hybridized carbons (Fsp3) is 0.455. The van der Waals surface area contributed by atoms with E-state index in [1.807, 2.05) is 18.2 Å². The van der Waals surface area contributed by atoms with Gasteiger partial charge in [0.2, 0.25) is 11.8 Å². The van der Waals surface area contributed by atoms with Gasteiger partial charge in [-0.3, -0.25) is 4.90 Å². The summed E-state index contributed by atoms with van der Waals surface area (Å²) in [6, 6.07) is 14.6. The van der Waals surface area contributed by atoms with E-state index in [-0.39, 0.29) is 12.1 Å². The molecule has 1 fully saturated rings. The summed E-state index contributed by atoms with van der Waals surface area (Å²) in [4.78, 5) is 2.40. The summed E-state index contributed by atoms with van der Waals surface area (Å²) >= 11 is 0. The zero-order valence-corrected chi connectivity index (χ0v) is 16.3. The van der Waals surface area contributed by atoms with E-state index in [0.717, 1.165) is 31.7 Å². The van der Waals surface area contributed by atoms with Gasteiger partial charge >= 0.3 is 0 Å². The lowest BCUT2D eigenvalue weighted by Crippen LogP contribution is -2.36. The molecule has 0 aliphatic carbocycles. The molecule has 27 heavy (non-hydrogen) atoms. The zero-order valence-electron chi connectivity index (χ0n) is 16.3. The Morgan fingerprint density at radius 3 is 2.67 bits per heavy atom. The highest BCUT2D eigenvalue weighted by atomic mass is 16.5. The minimum atomic E-state index is 0.0784. The molecule has 5 heteroatoms. The molecule has 3 aromatic rings. The van der Waals surface area contributed by atoms with Crippen LogP contribution in [0, 0.1) is 5.92 Å². The smallest absolute Gasteiger partial charge is 0.247 e. The van der Waals surface area contributed by atoms with Crippen molar-refractivity contribution in [2.45, 2.75) is 39.3 Å². The Kier molecular flexibility index (Phi) is 5.23. The average molecular weight is 365 g/mol. The van der Waals surface area contributed by atoms with Crippen LogP contribution in [-0.2, 0) is 4.74 Å². The molecule has 1 aliphatic rings. The van der Waals surface area contributed by atoms with E-state index in [2.05, 4.69) is 60.1 Å². The monoisotopic (exact) mass is 365 g/mol. The summed E-state index contributed by atoms with van der Waals surface area (Å²) in [6.45, 7) is 9.26. The Morgan fingerprint density at radius 1 is 1.04 bits per heavy atom. The summed E-state index contributed by atoms with van der Waals surface area (Å²) in [6.07, 6.45) is 1.28. The number of ether oxygens (including phenoxy) is 1. The second kappa shape index (κ2) is 7.79. The highest BCUT2D eigenvalue weighted by molar-refractivity contribution is 5.86. The van der Waals surface area contributed by atoms with Crippen LogP contribution < -0.4 is 0 Å². The van der Waals surface area contributed by atoms with E-state index >= 15 is 0 Å². The van der Waals surface area contributed by atoms with Crippen LogP contribution in [0.5, 0.6) is 0 Å². The third-order valence-corrected chi connectivity index (χ3v) is 5.42. The lowest BCUT2D eigenvalue weighted by Gasteiger charge is -2.29. The fourth-order valence-electron chi connectivity index (χ4n) is 3.63. The minimum absolute atomic E-state index is 0.0784. The molecule has 0 amide bonds. The molecule has 2 atom stereocenters. The Balaban J connectivity index is 1.55. The van der Waals surface area contributed by atoms with Crippen LogP contribution in [0.1, 0.15) is 39.1 Å². The first-order valence-electron chi connectivity index (χ1n) is 9.80. The van der Waals surface area contributed by atoms with E-state index < -0.39 is 0 Å². The van der Waals surface area contributed by atoms with Gasteiger partial charge in [-0.05, 0) is 42.2 Å². The molecule has 2 aromatic carbocycles. The summed E-state index contributed by atoms with van der Waals surface area (Å²) in [5.41, 5.74) is 0.957. The first-order chi connectivity index (χ1) is 13.1. The number of nitrogens with zero attached hydrogens (tertiary/aromatic N) is 3. The predicted molar refractivity (Wildman–Crippen MR) is 106 cm³/mol. The fourth-order valence-corrected chi connectivity index (χ4v) is 3.63. The van der Waals surface area contributed by atoms with Gasteiger partial charge in [0.25, 0.3) is 0 Å². The molecule has 2 heterocycles. The molecule has 1 aliphatic heterocycles. The quantitative estimate of drug-likeness (QED) is 0.671. The summed E-state index contributed by atoms with van der Waals surface area (Å²) in [7, 11) is 0. The molecule has 0 bridgehead atoms. The number of benzene rings is 2. The van der Waals surface area contributed by atoms with Gasteiger partial charge in [0.1, 0.15) is 0 Å². The first kappa shape index (κ1) is 18.1. The number of aromatic nitrogens is 2. The Hall–Kier alpha value is -2.24. The Morgan fingerprint density at radius 2 is 1.85 bits per heavy atom. The van der Waals surface area contributed by atoms with Crippen LogP contribution in [0.3, 0.4) is 0 Å². The van der Waals surface area contributed by atoms with Crippen molar-refractivity contribution in [1.82, 2.24) is 15.1 Å². The van der Waals surface area contributed by atoms with E-state index in [1.54, 1.807) is 0 Å². The van der Waals surface area contributed by atoms with Crippen LogP contribution in [0.15, 0.2) is 46.9 Å². The van der Waals surface area contributed by atoms with Gasteiger partial charge in [-0.25, -0.2) is 0 Å². The summed E-state index contributed by atoms with van der Waals surface area (Å²) < 4.78 is 12.1. The maximum Gasteiger partial charge on any atom is 0.247 e. The van der Waals surface area contributed by atoms with Crippen molar-refractivity contribution in [3.05, 3.63) is 48.4 Å². The second-order valence-electron chi connectivity index (χ2n) is 7.69. The predicted octanol–water partition coefficient (Wildman–Crippen LogP) is 4.70. The number of hydrogen-bond acceptors (Lipinski definition) is 5. The van der Waals surface area contributed by atoms with Crippen LogP contribution >= 0.6 is 0 Å². The molecule has 2 unspecified atom stereocenters. The van der Waals surface area contributed by atoms with Crippen LogP contribution in [-0.4, -0.2) is 40.9 Å². The second-order valence-corrected chi connectivity index (χ2v) is 7.69. The maximum atomic E-state index is 6.07. The van der Waals surface area contributed by atoms with Gasteiger partial charge < -0.3 is 9.15 Å². The lowest BCUT2D eigenvalue weighted by atomic mass is 10.1. The van der Waals surface area contributed by atoms with E-state index in [1.165, 1.54) is 10.8 Å². The molecule has 5 nitrogen and oxygen atoms in total. The van der Waals surface area contributed by atoms with Crippen molar-refractivity contribution >= 4 is 10.8 Å². The van der Waals surface area contributed by atoms with Gasteiger partial charge in [0, 0.05) is 25.3 Å². The van der Waals surface area contributed by atoms with Crippen molar-refractivity contribution in [2.75, 3.05) is 19.7 Å². The average Bonchev–Trinajstić information content (AvgIpc) is 3.04. The topological polar surface area (TPSA) is 51.4 Å². The Labute approximate surface area is 160 Å². The highest BCUT2D eigenvalue weighted by Gasteiger charge is 2.28. The Bertz CT molecular complexity index is 905. The minimum Gasteiger partial charge on any atom is -0.419 e. The van der Waals surface area contributed by atoms with Crippen molar-refractivity contribution < 1.29 is 9.15 Å². The van der Waals surface area contributed by atoms with Gasteiger partial charge in [0.15, 0.2) is 0 Å². The summed E-state index contributed by atoms with van der Waals surface area (Å²) in [5.74, 6) is 1.74. The van der Waals surface area contributed by atoms with Crippen LogP contribution in [0.4, 0.5) is 0 Å². The molecule has 1 saturated heterocycles. The molecule has 142 valence electrons. The number of rotatable bonds is 4. The molecule has 0 radical (unpaired) electrons. The third-order valence-electron chi connectivity index (χ3n) is 5.42. The van der Waals surface area contributed by atoms with Crippen molar-refractivity contribution in [3.63, 3.8) is 0 Å². The number of fused-ring (bicyclic) bond motifs is 1. The van der Waals surface area contributed by atoms with Gasteiger partial charge in [-0.1, -0.05) is 44.2 Å². The normalized spacial score (nSPS) is 20.1. The van der Waals surface area contributed by atoms with E-state index in [4.69, 9.17) is 9.15 Å². The van der Waals surface area contributed by atoms with Crippen LogP contribution in [0.25, 0.3) is 22.2 Å². The maximum absolute atomic E-state index is 6.07. The molecular weight excluding hydrogens is 338 g/mol. The molecular formula is C22H27N3O2. The van der Waals surface area contributed by atoms with E-state index in [9.17, 15) is 0 Å². The standard InChI is InChI=1S/C22H27N3O2/c1-15(2)20-14-25(11-6-12-26-20)16(3)21-23-24-22(27-21)19-10-9-17-7-4-5-8-18(17)13-19/h4-5,7-10,13,15-16,20H,6,11-12,14H2,1-3H3. The van der Waals surface area contributed by atoms with Crippen molar-refractivity contribution in [3.8, 4) is 11.5 Å². The van der Waals surface area contributed by atoms with Crippen LogP contribution in [0.2, 0.25) is 0 Å². The lowest BCUT2D eigenvalue weighted by molar-refractivity contribution is 0.0168. The molecule has 1 aromatic heterocycles.